The van der Waals surface area contributed by atoms with Crippen molar-refractivity contribution in [1.82, 2.24) is 5.32 Å². The van der Waals surface area contributed by atoms with Gasteiger partial charge in [0.1, 0.15) is 0 Å². The van der Waals surface area contributed by atoms with Gasteiger partial charge in [-0.15, -0.1) is 0 Å². The van der Waals surface area contributed by atoms with Gasteiger partial charge in [0.2, 0.25) is 11.5 Å². The largest absolute Gasteiger partial charge is 0.423 e. The summed E-state index contributed by atoms with van der Waals surface area (Å²) in [7, 11) is 0. The lowest BCUT2D eigenvalue weighted by Crippen LogP contribution is -2.48. The van der Waals surface area contributed by atoms with E-state index in [4.69, 9.17) is 23.2 Å². The van der Waals surface area contributed by atoms with E-state index in [0.717, 1.165) is 23.9 Å². The molecule has 0 radical (unpaired) electrons. The van der Waals surface area contributed by atoms with Crippen molar-refractivity contribution in [3.8, 4) is 0 Å². The Labute approximate surface area is 218 Å². The van der Waals surface area contributed by atoms with Crippen LogP contribution in [0, 0.1) is 0 Å². The van der Waals surface area contributed by atoms with Crippen molar-refractivity contribution in [2.24, 2.45) is 0 Å². The van der Waals surface area contributed by atoms with E-state index in [0.29, 0.717) is 12.1 Å². The maximum atomic E-state index is 13.9. The molecule has 2 aromatic rings. The normalized spacial score (nSPS) is 14.3. The highest BCUT2D eigenvalue weighted by atomic mass is 35.5. The third kappa shape index (κ3) is 7.52. The van der Waals surface area contributed by atoms with Crippen molar-refractivity contribution in [2.45, 2.75) is 30.7 Å². The SMILES string of the molecule is CSCC(=O)NCc1ccc(NC[C@@](O)(c2cc(Cl)c(Cl)c(C(F)(F)F)c2)C(F)(F)F)cc1C(F)(F)F. The van der Waals surface area contributed by atoms with Crippen LogP contribution in [0.4, 0.5) is 45.2 Å². The number of halogens is 11. The topological polar surface area (TPSA) is 61.4 Å². The lowest BCUT2D eigenvalue weighted by molar-refractivity contribution is -0.260. The molecule has 2 aromatic carbocycles. The molecule has 0 aliphatic carbocycles. The number of aliphatic hydroxyl groups is 1. The summed E-state index contributed by atoms with van der Waals surface area (Å²) in [5.41, 5.74) is -9.30. The summed E-state index contributed by atoms with van der Waals surface area (Å²) in [5, 5.41) is 12.7. The number of hydrogen-bond acceptors (Lipinski definition) is 4. The lowest BCUT2D eigenvalue weighted by Gasteiger charge is -2.32. The molecule has 0 heterocycles. The first-order valence-corrected chi connectivity index (χ1v) is 12.0. The molecule has 16 heteroatoms. The second-order valence-corrected chi connectivity index (χ2v) is 9.26. The Kier molecular flexibility index (Phi) is 9.59. The first-order valence-electron chi connectivity index (χ1n) is 9.86. The molecule has 37 heavy (non-hydrogen) atoms. The molecule has 0 aromatic heterocycles. The predicted molar refractivity (Wildman–Crippen MR) is 122 cm³/mol. The molecule has 0 aliphatic heterocycles. The number of hydrogen-bond donors (Lipinski definition) is 3. The maximum absolute atomic E-state index is 13.9. The smallest absolute Gasteiger partial charge is 0.381 e. The summed E-state index contributed by atoms with van der Waals surface area (Å²) < 4.78 is 122. The van der Waals surface area contributed by atoms with Gasteiger partial charge in [-0.3, -0.25) is 4.79 Å². The minimum absolute atomic E-state index is 0.0121. The van der Waals surface area contributed by atoms with Crippen LogP contribution in [-0.2, 0) is 29.3 Å². The van der Waals surface area contributed by atoms with Gasteiger partial charge in [0.05, 0.1) is 33.5 Å². The zero-order chi connectivity index (χ0) is 28.4. The number of thioether (sulfide) groups is 1. The van der Waals surface area contributed by atoms with Crippen molar-refractivity contribution >= 4 is 46.6 Å². The number of nitrogens with one attached hydrogen (secondary N) is 2. The number of amides is 1. The minimum Gasteiger partial charge on any atom is -0.381 e. The molecule has 1 atom stereocenters. The van der Waals surface area contributed by atoms with E-state index in [2.05, 4.69) is 5.32 Å². The number of benzene rings is 2. The Hall–Kier alpha value is -2.03. The van der Waals surface area contributed by atoms with E-state index in [9.17, 15) is 49.4 Å². The van der Waals surface area contributed by atoms with Crippen LogP contribution in [0.15, 0.2) is 30.3 Å². The van der Waals surface area contributed by atoms with Gasteiger partial charge < -0.3 is 15.7 Å². The van der Waals surface area contributed by atoms with Crippen molar-refractivity contribution < 1.29 is 49.4 Å². The average molecular weight is 603 g/mol. The highest BCUT2D eigenvalue weighted by Crippen LogP contribution is 2.45. The third-order valence-corrected chi connectivity index (χ3v) is 6.35. The van der Waals surface area contributed by atoms with Crippen molar-refractivity contribution in [3.05, 3.63) is 62.6 Å². The molecule has 2 rings (SSSR count). The molecule has 3 N–H and O–H groups in total. The average Bonchev–Trinajstić information content (AvgIpc) is 2.76. The van der Waals surface area contributed by atoms with Gasteiger partial charge in [0, 0.05) is 12.2 Å². The number of alkyl halides is 9. The third-order valence-electron chi connectivity index (χ3n) is 5.00. The van der Waals surface area contributed by atoms with Gasteiger partial charge in [-0.1, -0.05) is 29.3 Å². The fourth-order valence-electron chi connectivity index (χ4n) is 3.11. The quantitative estimate of drug-likeness (QED) is 0.289. The summed E-state index contributed by atoms with van der Waals surface area (Å²) in [5.74, 6) is -0.556. The monoisotopic (exact) mass is 602 g/mol. The fraction of sp³-hybridized carbons (Fsp3) is 0.381. The molecule has 0 aliphatic rings. The van der Waals surface area contributed by atoms with Crippen LogP contribution in [0.2, 0.25) is 10.0 Å². The van der Waals surface area contributed by atoms with Crippen LogP contribution < -0.4 is 10.6 Å². The Balaban J connectivity index is 2.45. The van der Waals surface area contributed by atoms with Gasteiger partial charge in [-0.05, 0) is 41.6 Å². The number of rotatable bonds is 8. The first kappa shape index (κ1) is 31.2. The van der Waals surface area contributed by atoms with Crippen LogP contribution >= 0.6 is 35.0 Å². The van der Waals surface area contributed by atoms with Gasteiger partial charge >= 0.3 is 18.5 Å². The van der Waals surface area contributed by atoms with E-state index >= 15 is 0 Å². The second kappa shape index (κ2) is 11.4. The van der Waals surface area contributed by atoms with E-state index in [-0.39, 0.29) is 11.8 Å². The van der Waals surface area contributed by atoms with Gasteiger partial charge in [-0.25, -0.2) is 0 Å². The van der Waals surface area contributed by atoms with E-state index < -0.39 is 81.1 Å². The van der Waals surface area contributed by atoms with Gasteiger partial charge in [0.15, 0.2) is 0 Å². The van der Waals surface area contributed by atoms with Crippen LogP contribution in [0.5, 0.6) is 0 Å². The van der Waals surface area contributed by atoms with E-state index in [1.807, 2.05) is 5.32 Å². The molecule has 0 saturated carbocycles. The molecule has 0 bridgehead atoms. The van der Waals surface area contributed by atoms with Gasteiger partial charge in [0.25, 0.3) is 0 Å². The Morgan fingerprint density at radius 1 is 0.946 bits per heavy atom. The number of anilines is 1. The minimum atomic E-state index is -5.59. The van der Waals surface area contributed by atoms with Crippen LogP contribution in [0.25, 0.3) is 0 Å². The molecule has 4 nitrogen and oxygen atoms in total. The van der Waals surface area contributed by atoms with Crippen LogP contribution in [-0.4, -0.2) is 35.7 Å². The Morgan fingerprint density at radius 2 is 1.54 bits per heavy atom. The maximum Gasteiger partial charge on any atom is 0.423 e. The number of carbonyl (C=O) groups excluding carboxylic acids is 1. The second-order valence-electron chi connectivity index (χ2n) is 7.61. The Bertz CT molecular complexity index is 1140. The summed E-state index contributed by atoms with van der Waals surface area (Å²) in [6.45, 7) is -2.10. The standard InChI is InChI=1S/C21H17Cl2F9N2O2S/c1-37-8-16(35)33-7-10-2-3-12(6-13(10)19(24,25)26)34-9-18(36,21(30,31)32)11-4-14(20(27,28)29)17(23)15(22)5-11/h2-6,34,36H,7-9H2,1H3,(H,33,35)/t18-/m1/s1. The molecule has 206 valence electrons. The van der Waals surface area contributed by atoms with Crippen LogP contribution in [0.3, 0.4) is 0 Å². The van der Waals surface area contributed by atoms with Crippen molar-refractivity contribution in [1.29, 1.82) is 0 Å². The summed E-state index contributed by atoms with van der Waals surface area (Å²) >= 11 is 12.2. The molecular weight excluding hydrogens is 586 g/mol. The molecule has 0 fully saturated rings. The molecule has 0 saturated heterocycles. The van der Waals surface area contributed by atoms with Gasteiger partial charge in [-0.2, -0.15) is 51.3 Å². The first-order chi connectivity index (χ1) is 16.8. The number of carbonyl (C=O) groups is 1. The van der Waals surface area contributed by atoms with Crippen LogP contribution in [0.1, 0.15) is 22.3 Å². The zero-order valence-corrected chi connectivity index (χ0v) is 20.8. The predicted octanol–water partition coefficient (Wildman–Crippen LogP) is 6.87. The van der Waals surface area contributed by atoms with Crippen molar-refractivity contribution in [2.75, 3.05) is 23.9 Å². The van der Waals surface area contributed by atoms with E-state index in [1.54, 1.807) is 6.26 Å². The van der Waals surface area contributed by atoms with Crippen molar-refractivity contribution in [3.63, 3.8) is 0 Å². The molecular formula is C21H17Cl2F9N2O2S. The fourth-order valence-corrected chi connectivity index (χ4v) is 3.91. The lowest BCUT2D eigenvalue weighted by atomic mass is 9.91. The zero-order valence-electron chi connectivity index (χ0n) is 18.4. The highest BCUT2D eigenvalue weighted by Gasteiger charge is 2.56. The molecule has 1 amide bonds. The summed E-state index contributed by atoms with van der Waals surface area (Å²) in [6, 6.07) is 2.65. The molecule has 0 unspecified atom stereocenters. The molecule has 0 spiro atoms. The highest BCUT2D eigenvalue weighted by molar-refractivity contribution is 7.99. The Morgan fingerprint density at radius 3 is 2.05 bits per heavy atom. The summed E-state index contributed by atoms with van der Waals surface area (Å²) in [6.07, 6.45) is -14.2. The van der Waals surface area contributed by atoms with E-state index in [1.165, 1.54) is 0 Å². The summed E-state index contributed by atoms with van der Waals surface area (Å²) in [4.78, 5) is 11.6.